The normalized spacial score (nSPS) is 17.5. The van der Waals surface area contributed by atoms with Crippen LogP contribution in [0, 0.1) is 0 Å². The molecule has 0 aliphatic heterocycles. The second kappa shape index (κ2) is 6.86. The number of rotatable bonds is 8. The summed E-state index contributed by atoms with van der Waals surface area (Å²) in [6, 6.07) is 0.369. The average Bonchev–Trinajstić information content (AvgIpc) is 3.01. The van der Waals surface area contributed by atoms with Crippen LogP contribution in [0.4, 0.5) is 0 Å². The highest BCUT2D eigenvalue weighted by molar-refractivity contribution is 5.76. The molecule has 0 radical (unpaired) electrons. The van der Waals surface area contributed by atoms with Crippen LogP contribution in [0.5, 0.6) is 0 Å². The Kier molecular flexibility index (Phi) is 5.77. The van der Waals surface area contributed by atoms with Gasteiger partial charge in [-0.25, -0.2) is 0 Å². The first-order valence-corrected chi connectivity index (χ1v) is 6.28. The molecule has 4 nitrogen and oxygen atoms in total. The molecule has 1 unspecified atom stereocenters. The fourth-order valence-electron chi connectivity index (χ4n) is 1.76. The lowest BCUT2D eigenvalue weighted by Gasteiger charge is -2.23. The molecule has 1 aliphatic rings. The smallest absolute Gasteiger partial charge is 0.324 e. The Hall–Kier alpha value is -0.610. The van der Waals surface area contributed by atoms with Crippen molar-refractivity contribution >= 4 is 5.97 Å². The quantitative estimate of drug-likeness (QED) is 0.630. The van der Waals surface area contributed by atoms with Gasteiger partial charge in [-0.1, -0.05) is 6.92 Å². The van der Waals surface area contributed by atoms with E-state index in [2.05, 4.69) is 17.1 Å². The van der Waals surface area contributed by atoms with Gasteiger partial charge in [0.05, 0.1) is 6.61 Å². The SMILES string of the molecule is CCCN(C)CC(NC1CC1)C(=O)OCC. The average molecular weight is 228 g/mol. The molecule has 1 saturated carbocycles. The number of ether oxygens (including phenoxy) is 1. The first-order chi connectivity index (χ1) is 7.67. The highest BCUT2D eigenvalue weighted by atomic mass is 16.5. The second-order valence-corrected chi connectivity index (χ2v) is 4.51. The van der Waals surface area contributed by atoms with Crippen molar-refractivity contribution in [3.8, 4) is 0 Å². The molecule has 1 atom stereocenters. The minimum absolute atomic E-state index is 0.114. The van der Waals surface area contributed by atoms with E-state index in [-0.39, 0.29) is 12.0 Å². The lowest BCUT2D eigenvalue weighted by molar-refractivity contribution is -0.146. The third kappa shape index (κ3) is 4.94. The maximum absolute atomic E-state index is 11.7. The minimum Gasteiger partial charge on any atom is -0.465 e. The molecule has 0 aromatic heterocycles. The van der Waals surface area contributed by atoms with Crippen LogP contribution in [-0.2, 0) is 9.53 Å². The molecule has 0 aromatic carbocycles. The number of nitrogens with zero attached hydrogens (tertiary/aromatic N) is 1. The highest BCUT2D eigenvalue weighted by Crippen LogP contribution is 2.19. The van der Waals surface area contributed by atoms with Crippen molar-refractivity contribution in [2.45, 2.75) is 45.2 Å². The number of hydrogen-bond donors (Lipinski definition) is 1. The summed E-state index contributed by atoms with van der Waals surface area (Å²) in [4.78, 5) is 13.9. The summed E-state index contributed by atoms with van der Waals surface area (Å²) in [5, 5.41) is 3.35. The van der Waals surface area contributed by atoms with Gasteiger partial charge in [0.1, 0.15) is 6.04 Å². The topological polar surface area (TPSA) is 41.6 Å². The van der Waals surface area contributed by atoms with Gasteiger partial charge in [-0.3, -0.25) is 4.79 Å². The van der Waals surface area contributed by atoms with E-state index in [0.717, 1.165) is 19.5 Å². The van der Waals surface area contributed by atoms with Crippen LogP contribution in [0.3, 0.4) is 0 Å². The number of hydrogen-bond acceptors (Lipinski definition) is 4. The van der Waals surface area contributed by atoms with Crippen LogP contribution in [0.1, 0.15) is 33.1 Å². The Morgan fingerprint density at radius 3 is 2.69 bits per heavy atom. The predicted molar refractivity (Wildman–Crippen MR) is 64.4 cm³/mol. The first-order valence-electron chi connectivity index (χ1n) is 6.28. The molecule has 0 spiro atoms. The van der Waals surface area contributed by atoms with Crippen LogP contribution in [-0.4, -0.2) is 49.7 Å². The summed E-state index contributed by atoms with van der Waals surface area (Å²) in [5.74, 6) is -0.114. The molecule has 94 valence electrons. The molecule has 0 amide bonds. The monoisotopic (exact) mass is 228 g/mol. The zero-order chi connectivity index (χ0) is 12.0. The fourth-order valence-corrected chi connectivity index (χ4v) is 1.76. The molecule has 1 rings (SSSR count). The summed E-state index contributed by atoms with van der Waals surface area (Å²) in [6.07, 6.45) is 3.48. The number of nitrogens with one attached hydrogen (secondary N) is 1. The number of esters is 1. The zero-order valence-corrected chi connectivity index (χ0v) is 10.7. The van der Waals surface area contributed by atoms with E-state index in [9.17, 15) is 4.79 Å². The molecule has 0 aromatic rings. The lowest BCUT2D eigenvalue weighted by atomic mass is 10.2. The summed E-state index contributed by atoms with van der Waals surface area (Å²) < 4.78 is 5.08. The van der Waals surface area contributed by atoms with Crippen LogP contribution < -0.4 is 5.32 Å². The van der Waals surface area contributed by atoms with Gasteiger partial charge in [-0.15, -0.1) is 0 Å². The molecule has 16 heavy (non-hydrogen) atoms. The Bertz CT molecular complexity index is 217. The van der Waals surface area contributed by atoms with Crippen molar-refractivity contribution in [2.75, 3.05) is 26.7 Å². The molecular weight excluding hydrogens is 204 g/mol. The van der Waals surface area contributed by atoms with Crippen molar-refractivity contribution in [1.29, 1.82) is 0 Å². The molecule has 1 N–H and O–H groups in total. The number of carbonyl (C=O) groups is 1. The molecule has 0 saturated heterocycles. The van der Waals surface area contributed by atoms with E-state index < -0.39 is 0 Å². The standard InChI is InChI=1S/C12H24N2O2/c1-4-8-14(3)9-11(12(15)16-5-2)13-10-6-7-10/h10-11,13H,4-9H2,1-3H3. The van der Waals surface area contributed by atoms with Gasteiger partial charge in [-0.05, 0) is 39.8 Å². The van der Waals surface area contributed by atoms with Gasteiger partial charge in [0.15, 0.2) is 0 Å². The van der Waals surface area contributed by atoms with Crippen molar-refractivity contribution in [1.82, 2.24) is 10.2 Å². The van der Waals surface area contributed by atoms with E-state index in [4.69, 9.17) is 4.74 Å². The van der Waals surface area contributed by atoms with Gasteiger partial charge >= 0.3 is 5.97 Å². The summed E-state index contributed by atoms with van der Waals surface area (Å²) in [5.41, 5.74) is 0. The second-order valence-electron chi connectivity index (χ2n) is 4.51. The number of likely N-dealkylation sites (N-methyl/N-ethyl adjacent to an activating group) is 1. The number of carbonyl (C=O) groups excluding carboxylic acids is 1. The van der Waals surface area contributed by atoms with E-state index in [0.29, 0.717) is 12.6 Å². The molecule has 0 bridgehead atoms. The summed E-state index contributed by atoms with van der Waals surface area (Å²) in [7, 11) is 2.05. The Labute approximate surface area is 98.3 Å². The maximum Gasteiger partial charge on any atom is 0.324 e. The van der Waals surface area contributed by atoms with E-state index >= 15 is 0 Å². The third-order valence-electron chi connectivity index (χ3n) is 2.68. The van der Waals surface area contributed by atoms with Crippen LogP contribution >= 0.6 is 0 Å². The van der Waals surface area contributed by atoms with Gasteiger partial charge < -0.3 is 15.0 Å². The van der Waals surface area contributed by atoms with Crippen LogP contribution in [0.25, 0.3) is 0 Å². The van der Waals surface area contributed by atoms with Crippen LogP contribution in [0.15, 0.2) is 0 Å². The Morgan fingerprint density at radius 2 is 2.19 bits per heavy atom. The molecule has 4 heteroatoms. The Morgan fingerprint density at radius 1 is 1.50 bits per heavy atom. The predicted octanol–water partition coefficient (Wildman–Crippen LogP) is 1.01. The van der Waals surface area contributed by atoms with Gasteiger partial charge in [0.2, 0.25) is 0 Å². The van der Waals surface area contributed by atoms with Gasteiger partial charge in [-0.2, -0.15) is 0 Å². The fraction of sp³-hybridized carbons (Fsp3) is 0.917. The van der Waals surface area contributed by atoms with E-state index in [1.165, 1.54) is 12.8 Å². The third-order valence-corrected chi connectivity index (χ3v) is 2.68. The largest absolute Gasteiger partial charge is 0.465 e. The van der Waals surface area contributed by atoms with Crippen molar-refractivity contribution in [3.63, 3.8) is 0 Å². The van der Waals surface area contributed by atoms with E-state index in [1.807, 2.05) is 14.0 Å². The summed E-state index contributed by atoms with van der Waals surface area (Å²) in [6.45, 7) is 6.20. The molecule has 1 aliphatic carbocycles. The van der Waals surface area contributed by atoms with Crippen LogP contribution in [0.2, 0.25) is 0 Å². The van der Waals surface area contributed by atoms with Gasteiger partial charge in [0, 0.05) is 12.6 Å². The van der Waals surface area contributed by atoms with E-state index in [1.54, 1.807) is 0 Å². The van der Waals surface area contributed by atoms with Crippen molar-refractivity contribution in [2.24, 2.45) is 0 Å². The summed E-state index contributed by atoms with van der Waals surface area (Å²) >= 11 is 0. The van der Waals surface area contributed by atoms with Crippen molar-refractivity contribution in [3.05, 3.63) is 0 Å². The zero-order valence-electron chi connectivity index (χ0n) is 10.7. The molecular formula is C12H24N2O2. The Balaban J connectivity index is 2.38. The maximum atomic E-state index is 11.7. The molecule has 1 fully saturated rings. The highest BCUT2D eigenvalue weighted by Gasteiger charge is 2.29. The first kappa shape index (κ1) is 13.5. The van der Waals surface area contributed by atoms with Gasteiger partial charge in [0.25, 0.3) is 0 Å². The van der Waals surface area contributed by atoms with Crippen molar-refractivity contribution < 1.29 is 9.53 Å². The minimum atomic E-state index is -0.163. The lowest BCUT2D eigenvalue weighted by Crippen LogP contribution is -2.47. The molecule has 0 heterocycles.